The zero-order valence-electron chi connectivity index (χ0n) is 11.5. The van der Waals surface area contributed by atoms with Crippen molar-refractivity contribution in [2.24, 2.45) is 0 Å². The molecular formula is C14H20N4O2. The van der Waals surface area contributed by atoms with Crippen molar-refractivity contribution in [3.8, 4) is 0 Å². The molecule has 1 N–H and O–H groups in total. The van der Waals surface area contributed by atoms with E-state index in [0.29, 0.717) is 12.4 Å². The lowest BCUT2D eigenvalue weighted by Gasteiger charge is -2.29. The van der Waals surface area contributed by atoms with Gasteiger partial charge >= 0.3 is 5.97 Å². The maximum Gasteiger partial charge on any atom is 0.326 e. The smallest absolute Gasteiger partial charge is 0.326 e. The first-order valence-electron chi connectivity index (χ1n) is 7.33. The number of aliphatic carboxylic acids is 1. The molecule has 3 rings (SSSR count). The number of hydrogen-bond acceptors (Lipinski definition) is 5. The number of carboxylic acids is 1. The Kier molecular flexibility index (Phi) is 3.71. The molecule has 20 heavy (non-hydrogen) atoms. The van der Waals surface area contributed by atoms with Gasteiger partial charge in [-0.3, -0.25) is 0 Å². The van der Waals surface area contributed by atoms with E-state index in [2.05, 4.69) is 14.9 Å². The summed E-state index contributed by atoms with van der Waals surface area (Å²) < 4.78 is 0. The molecule has 1 aromatic heterocycles. The third-order valence-electron chi connectivity index (χ3n) is 4.10. The molecule has 1 aromatic rings. The number of rotatable bonds is 3. The minimum Gasteiger partial charge on any atom is -0.480 e. The largest absolute Gasteiger partial charge is 0.480 e. The summed E-state index contributed by atoms with van der Waals surface area (Å²) in [6.07, 6.45) is 6.97. The summed E-state index contributed by atoms with van der Waals surface area (Å²) >= 11 is 0. The molecule has 0 aromatic carbocycles. The van der Waals surface area contributed by atoms with Crippen LogP contribution in [0.3, 0.4) is 0 Å². The molecule has 2 aliphatic rings. The van der Waals surface area contributed by atoms with Gasteiger partial charge in [-0.15, -0.1) is 0 Å². The molecule has 3 heterocycles. The molecule has 0 amide bonds. The normalized spacial score (nSPS) is 23.1. The van der Waals surface area contributed by atoms with Gasteiger partial charge in [-0.25, -0.2) is 9.78 Å². The zero-order valence-corrected chi connectivity index (χ0v) is 11.5. The fraction of sp³-hybridized carbons (Fsp3) is 0.643. The molecule has 0 saturated carbocycles. The number of carboxylic acid groups (broad SMARTS) is 1. The average molecular weight is 276 g/mol. The van der Waals surface area contributed by atoms with Crippen LogP contribution in [0.5, 0.6) is 0 Å². The minimum atomic E-state index is -0.783. The highest BCUT2D eigenvalue weighted by atomic mass is 16.4. The second-order valence-electron chi connectivity index (χ2n) is 5.45. The highest BCUT2D eigenvalue weighted by molar-refractivity contribution is 5.78. The van der Waals surface area contributed by atoms with Crippen molar-refractivity contribution in [1.82, 2.24) is 9.97 Å². The standard InChI is InChI=1S/C14H20N4O2/c19-13(20)11-5-4-10-18(11)14-15-7-6-12(16-14)17-8-2-1-3-9-17/h6-7,11H,1-5,8-10H2,(H,19,20). The van der Waals surface area contributed by atoms with Crippen LogP contribution < -0.4 is 9.80 Å². The van der Waals surface area contributed by atoms with Crippen molar-refractivity contribution >= 4 is 17.7 Å². The summed E-state index contributed by atoms with van der Waals surface area (Å²) in [5, 5.41) is 9.26. The van der Waals surface area contributed by atoms with E-state index in [9.17, 15) is 9.90 Å². The Hall–Kier alpha value is -1.85. The van der Waals surface area contributed by atoms with Crippen molar-refractivity contribution in [3.63, 3.8) is 0 Å². The molecule has 1 unspecified atom stereocenters. The first-order valence-corrected chi connectivity index (χ1v) is 7.33. The topological polar surface area (TPSA) is 69.6 Å². The van der Waals surface area contributed by atoms with Gasteiger partial charge in [-0.05, 0) is 38.2 Å². The van der Waals surface area contributed by atoms with Crippen LogP contribution in [-0.4, -0.2) is 46.7 Å². The minimum absolute atomic E-state index is 0.480. The summed E-state index contributed by atoms with van der Waals surface area (Å²) in [7, 11) is 0. The SMILES string of the molecule is O=C(O)C1CCCN1c1nccc(N2CCCCC2)n1. The fourth-order valence-corrected chi connectivity index (χ4v) is 3.04. The fourth-order valence-electron chi connectivity index (χ4n) is 3.04. The van der Waals surface area contributed by atoms with Gasteiger partial charge in [-0.1, -0.05) is 0 Å². The Morgan fingerprint density at radius 2 is 2.00 bits per heavy atom. The number of nitrogens with zero attached hydrogens (tertiary/aromatic N) is 4. The van der Waals surface area contributed by atoms with E-state index in [1.807, 2.05) is 11.0 Å². The average Bonchev–Trinajstić information content (AvgIpc) is 2.98. The van der Waals surface area contributed by atoms with E-state index in [0.717, 1.165) is 31.9 Å². The van der Waals surface area contributed by atoms with Crippen LogP contribution in [0.1, 0.15) is 32.1 Å². The second kappa shape index (κ2) is 5.64. The highest BCUT2D eigenvalue weighted by Gasteiger charge is 2.32. The first kappa shape index (κ1) is 13.1. The van der Waals surface area contributed by atoms with Gasteiger partial charge in [0.1, 0.15) is 11.9 Å². The van der Waals surface area contributed by atoms with Gasteiger partial charge in [0.25, 0.3) is 0 Å². The van der Waals surface area contributed by atoms with E-state index in [1.54, 1.807) is 6.20 Å². The Bertz CT molecular complexity index is 488. The van der Waals surface area contributed by atoms with E-state index in [1.165, 1.54) is 19.3 Å². The van der Waals surface area contributed by atoms with Crippen LogP contribution in [0.15, 0.2) is 12.3 Å². The Labute approximate surface area is 118 Å². The maximum atomic E-state index is 11.3. The Balaban J connectivity index is 1.81. The van der Waals surface area contributed by atoms with E-state index >= 15 is 0 Å². The molecule has 6 nitrogen and oxygen atoms in total. The number of piperidine rings is 1. The second-order valence-corrected chi connectivity index (χ2v) is 5.45. The lowest BCUT2D eigenvalue weighted by molar-refractivity contribution is -0.138. The third kappa shape index (κ3) is 2.55. The van der Waals surface area contributed by atoms with E-state index in [4.69, 9.17) is 0 Å². The number of hydrogen-bond donors (Lipinski definition) is 1. The van der Waals surface area contributed by atoms with Crippen LogP contribution >= 0.6 is 0 Å². The van der Waals surface area contributed by atoms with Crippen LogP contribution in [0.4, 0.5) is 11.8 Å². The van der Waals surface area contributed by atoms with E-state index < -0.39 is 12.0 Å². The molecule has 0 radical (unpaired) electrons. The lowest BCUT2D eigenvalue weighted by atomic mass is 10.1. The third-order valence-corrected chi connectivity index (χ3v) is 4.10. The molecule has 2 saturated heterocycles. The molecular weight excluding hydrogens is 256 g/mol. The van der Waals surface area contributed by atoms with Gasteiger partial charge in [0.15, 0.2) is 0 Å². The molecule has 0 bridgehead atoms. The number of carbonyl (C=O) groups is 1. The summed E-state index contributed by atoms with van der Waals surface area (Å²) in [6.45, 7) is 2.78. The maximum absolute atomic E-state index is 11.3. The molecule has 0 spiro atoms. The van der Waals surface area contributed by atoms with Gasteiger partial charge in [0, 0.05) is 25.8 Å². The molecule has 6 heteroatoms. The van der Waals surface area contributed by atoms with Gasteiger partial charge < -0.3 is 14.9 Å². The quantitative estimate of drug-likeness (QED) is 0.902. The van der Waals surface area contributed by atoms with Crippen LogP contribution in [-0.2, 0) is 4.79 Å². The zero-order chi connectivity index (χ0) is 13.9. The van der Waals surface area contributed by atoms with Crippen molar-refractivity contribution in [2.75, 3.05) is 29.4 Å². The van der Waals surface area contributed by atoms with Crippen molar-refractivity contribution in [3.05, 3.63) is 12.3 Å². The van der Waals surface area contributed by atoms with Crippen LogP contribution in [0.2, 0.25) is 0 Å². The summed E-state index contributed by atoms with van der Waals surface area (Å²) in [5.74, 6) is 0.693. The summed E-state index contributed by atoms with van der Waals surface area (Å²) in [4.78, 5) is 24.2. The van der Waals surface area contributed by atoms with Crippen molar-refractivity contribution in [2.45, 2.75) is 38.1 Å². The summed E-state index contributed by atoms with van der Waals surface area (Å²) in [5.41, 5.74) is 0. The Morgan fingerprint density at radius 3 is 2.75 bits per heavy atom. The lowest BCUT2D eigenvalue weighted by Crippen LogP contribution is -2.37. The van der Waals surface area contributed by atoms with Crippen LogP contribution in [0.25, 0.3) is 0 Å². The predicted molar refractivity (Wildman–Crippen MR) is 76.1 cm³/mol. The molecule has 1 atom stereocenters. The summed E-state index contributed by atoms with van der Waals surface area (Å²) in [6, 6.07) is 1.44. The van der Waals surface area contributed by atoms with E-state index in [-0.39, 0.29) is 0 Å². The number of aromatic nitrogens is 2. The predicted octanol–water partition coefficient (Wildman–Crippen LogP) is 1.52. The first-order chi connectivity index (χ1) is 9.75. The molecule has 108 valence electrons. The molecule has 2 aliphatic heterocycles. The molecule has 0 aliphatic carbocycles. The van der Waals surface area contributed by atoms with Gasteiger partial charge in [-0.2, -0.15) is 4.98 Å². The molecule has 2 fully saturated rings. The van der Waals surface area contributed by atoms with Gasteiger partial charge in [0.2, 0.25) is 5.95 Å². The highest BCUT2D eigenvalue weighted by Crippen LogP contribution is 2.25. The van der Waals surface area contributed by atoms with Gasteiger partial charge in [0.05, 0.1) is 0 Å². The van der Waals surface area contributed by atoms with Crippen LogP contribution in [0, 0.1) is 0 Å². The monoisotopic (exact) mass is 276 g/mol. The number of anilines is 2. The Morgan fingerprint density at radius 1 is 1.20 bits per heavy atom. The van der Waals surface area contributed by atoms with Crippen molar-refractivity contribution in [1.29, 1.82) is 0 Å². The van der Waals surface area contributed by atoms with Crippen molar-refractivity contribution < 1.29 is 9.90 Å².